The summed E-state index contributed by atoms with van der Waals surface area (Å²) in [6, 6.07) is 5.14. The minimum absolute atomic E-state index is 0.160. The van der Waals surface area contributed by atoms with Crippen LogP contribution in [-0.4, -0.2) is 71.9 Å². The van der Waals surface area contributed by atoms with E-state index in [0.29, 0.717) is 66.2 Å². The van der Waals surface area contributed by atoms with Crippen LogP contribution in [0.1, 0.15) is 5.69 Å². The molecule has 3 N–H and O–H groups in total. The number of carboxylic acid groups (broad SMARTS) is 1. The molecule has 2 heterocycles. The fourth-order valence-electron chi connectivity index (χ4n) is 2.70. The lowest BCUT2D eigenvalue weighted by Crippen LogP contribution is -2.08. The molecule has 3 rings (SSSR count). The zero-order chi connectivity index (χ0) is 21.3. The summed E-state index contributed by atoms with van der Waals surface area (Å²) < 4.78 is 21.7. The maximum absolute atomic E-state index is 10.9. The number of aromatic nitrogens is 4. The quantitative estimate of drug-likeness (QED) is 0.373. The number of benzene rings is 1. The van der Waals surface area contributed by atoms with Crippen LogP contribution >= 0.6 is 0 Å². The highest BCUT2D eigenvalue weighted by Gasteiger charge is 2.15. The Hall–Kier alpha value is -3.44. The molecule has 11 nitrogen and oxygen atoms in total. The molecule has 0 aliphatic carbocycles. The third kappa shape index (κ3) is 5.55. The number of H-pyrrole nitrogens is 1. The maximum Gasteiger partial charge on any atom is 0.309 e. The third-order valence-electron chi connectivity index (χ3n) is 4.00. The van der Waals surface area contributed by atoms with Crippen LogP contribution in [0, 0.1) is 0 Å². The van der Waals surface area contributed by atoms with E-state index >= 15 is 0 Å². The van der Waals surface area contributed by atoms with Gasteiger partial charge in [-0.15, -0.1) is 0 Å². The standard InChI is InChI=1S/C19H23N5O6/c1-27-3-5-29-13-9-14-18(15(10-13)30-6-4-28-2)19(21-11-20-14)22-16-7-12(23-24-16)8-17(25)26/h7,9-11H,3-6,8H2,1-2H3,(H,25,26)(H2,20,21,22,23,24). The number of nitrogens with zero attached hydrogens (tertiary/aromatic N) is 3. The largest absolute Gasteiger partial charge is 0.491 e. The van der Waals surface area contributed by atoms with Crippen molar-refractivity contribution in [3.05, 3.63) is 30.2 Å². The Balaban J connectivity index is 1.93. The molecule has 0 amide bonds. The molecule has 0 unspecified atom stereocenters. The predicted molar refractivity (Wildman–Crippen MR) is 107 cm³/mol. The lowest BCUT2D eigenvalue weighted by Gasteiger charge is -2.14. The first kappa shape index (κ1) is 21.3. The van der Waals surface area contributed by atoms with E-state index in [0.717, 1.165) is 0 Å². The molecule has 0 fully saturated rings. The summed E-state index contributed by atoms with van der Waals surface area (Å²) in [5.74, 6) is 1.03. The van der Waals surface area contributed by atoms with Crippen molar-refractivity contribution in [2.75, 3.05) is 46.0 Å². The van der Waals surface area contributed by atoms with Gasteiger partial charge in [0.05, 0.1) is 30.5 Å². The van der Waals surface area contributed by atoms with Crippen LogP contribution in [0.25, 0.3) is 10.9 Å². The van der Waals surface area contributed by atoms with Crippen LogP contribution in [0.15, 0.2) is 24.5 Å². The topological polar surface area (TPSA) is 141 Å². The van der Waals surface area contributed by atoms with Gasteiger partial charge in [0.15, 0.2) is 5.82 Å². The maximum atomic E-state index is 10.9. The summed E-state index contributed by atoms with van der Waals surface area (Å²) in [6.45, 7) is 1.57. The SMILES string of the molecule is COCCOc1cc(OCCOC)c2c(Nc3cc(CC(=O)O)[nH]n3)ncnc2c1. The van der Waals surface area contributed by atoms with E-state index < -0.39 is 5.97 Å². The Bertz CT molecular complexity index is 993. The zero-order valence-electron chi connectivity index (χ0n) is 16.7. The first-order valence-electron chi connectivity index (χ1n) is 9.16. The Labute approximate surface area is 172 Å². The normalized spacial score (nSPS) is 10.9. The van der Waals surface area contributed by atoms with Gasteiger partial charge in [-0.05, 0) is 0 Å². The Morgan fingerprint density at radius 3 is 2.57 bits per heavy atom. The lowest BCUT2D eigenvalue weighted by molar-refractivity contribution is -0.136. The third-order valence-corrected chi connectivity index (χ3v) is 4.00. The number of ether oxygens (including phenoxy) is 4. The molecule has 0 atom stereocenters. The monoisotopic (exact) mass is 417 g/mol. The molecule has 0 spiro atoms. The van der Waals surface area contributed by atoms with E-state index in [1.807, 2.05) is 0 Å². The van der Waals surface area contributed by atoms with Gasteiger partial charge in [0.25, 0.3) is 0 Å². The number of aliphatic carboxylic acids is 1. The number of nitrogens with one attached hydrogen (secondary N) is 2. The first-order chi connectivity index (χ1) is 14.6. The summed E-state index contributed by atoms with van der Waals surface area (Å²) in [4.78, 5) is 19.5. The van der Waals surface area contributed by atoms with Gasteiger partial charge in [0.1, 0.15) is 36.9 Å². The van der Waals surface area contributed by atoms with Crippen LogP contribution in [0.2, 0.25) is 0 Å². The van der Waals surface area contributed by atoms with Gasteiger partial charge in [0, 0.05) is 38.1 Å². The summed E-state index contributed by atoms with van der Waals surface area (Å²) >= 11 is 0. The van der Waals surface area contributed by atoms with Gasteiger partial charge in [-0.2, -0.15) is 5.10 Å². The van der Waals surface area contributed by atoms with Crippen molar-refractivity contribution in [2.45, 2.75) is 6.42 Å². The summed E-state index contributed by atoms with van der Waals surface area (Å²) in [6.07, 6.45) is 1.25. The molecule has 0 saturated carbocycles. The van der Waals surface area contributed by atoms with Crippen LogP contribution in [0.4, 0.5) is 11.6 Å². The van der Waals surface area contributed by atoms with Crippen LogP contribution in [0.3, 0.4) is 0 Å². The van der Waals surface area contributed by atoms with Crippen molar-refractivity contribution in [3.63, 3.8) is 0 Å². The molecule has 3 aromatic rings. The van der Waals surface area contributed by atoms with Crippen molar-refractivity contribution in [2.24, 2.45) is 0 Å². The molecule has 0 aliphatic heterocycles. The Morgan fingerprint density at radius 2 is 1.83 bits per heavy atom. The van der Waals surface area contributed by atoms with Crippen LogP contribution in [0.5, 0.6) is 11.5 Å². The second kappa shape index (κ2) is 10.4. The molecule has 0 saturated heterocycles. The molecule has 160 valence electrons. The molecule has 0 aliphatic rings. The van der Waals surface area contributed by atoms with E-state index in [4.69, 9.17) is 24.1 Å². The van der Waals surface area contributed by atoms with Gasteiger partial charge in [-0.1, -0.05) is 0 Å². The number of aromatic amines is 1. The number of carboxylic acids is 1. The number of fused-ring (bicyclic) bond motifs is 1. The fourth-order valence-corrected chi connectivity index (χ4v) is 2.70. The fraction of sp³-hybridized carbons (Fsp3) is 0.368. The highest BCUT2D eigenvalue weighted by molar-refractivity contribution is 5.96. The number of anilines is 2. The minimum Gasteiger partial charge on any atom is -0.491 e. The zero-order valence-corrected chi connectivity index (χ0v) is 16.7. The molecule has 2 aromatic heterocycles. The Kier molecular flexibility index (Phi) is 7.35. The average molecular weight is 417 g/mol. The van der Waals surface area contributed by atoms with Gasteiger partial charge < -0.3 is 29.4 Å². The average Bonchev–Trinajstić information content (AvgIpc) is 3.14. The van der Waals surface area contributed by atoms with Crippen molar-refractivity contribution < 1.29 is 28.8 Å². The highest BCUT2D eigenvalue weighted by Crippen LogP contribution is 2.35. The van der Waals surface area contributed by atoms with Gasteiger partial charge in [-0.3, -0.25) is 9.89 Å². The van der Waals surface area contributed by atoms with Crippen LogP contribution < -0.4 is 14.8 Å². The molecule has 1 aromatic carbocycles. The van der Waals surface area contributed by atoms with Crippen molar-refractivity contribution >= 4 is 28.5 Å². The van der Waals surface area contributed by atoms with Gasteiger partial charge in [-0.25, -0.2) is 9.97 Å². The highest BCUT2D eigenvalue weighted by atomic mass is 16.5. The van der Waals surface area contributed by atoms with Gasteiger partial charge >= 0.3 is 5.97 Å². The number of hydrogen-bond acceptors (Lipinski definition) is 9. The summed E-state index contributed by atoms with van der Waals surface area (Å²) in [5.41, 5.74) is 1.07. The van der Waals surface area contributed by atoms with Crippen LogP contribution in [-0.2, 0) is 20.7 Å². The summed E-state index contributed by atoms with van der Waals surface area (Å²) in [5, 5.41) is 19.4. The molecule has 30 heavy (non-hydrogen) atoms. The second-order valence-corrected chi connectivity index (χ2v) is 6.19. The predicted octanol–water partition coefficient (Wildman–Crippen LogP) is 1.77. The second-order valence-electron chi connectivity index (χ2n) is 6.19. The van der Waals surface area contributed by atoms with E-state index in [1.165, 1.54) is 6.33 Å². The minimum atomic E-state index is -0.951. The number of hydrogen-bond donors (Lipinski definition) is 3. The van der Waals surface area contributed by atoms with E-state index in [9.17, 15) is 4.79 Å². The van der Waals surface area contributed by atoms with E-state index in [1.54, 1.807) is 32.4 Å². The van der Waals surface area contributed by atoms with E-state index in [2.05, 4.69) is 25.5 Å². The van der Waals surface area contributed by atoms with Gasteiger partial charge in [0.2, 0.25) is 0 Å². The molecular weight excluding hydrogens is 394 g/mol. The molecule has 0 bridgehead atoms. The number of carbonyl (C=O) groups is 1. The van der Waals surface area contributed by atoms with E-state index in [-0.39, 0.29) is 6.42 Å². The Morgan fingerprint density at radius 1 is 1.07 bits per heavy atom. The first-order valence-corrected chi connectivity index (χ1v) is 9.16. The van der Waals surface area contributed by atoms with Crippen molar-refractivity contribution in [1.29, 1.82) is 0 Å². The molecule has 0 radical (unpaired) electrons. The molecule has 11 heteroatoms. The smallest absolute Gasteiger partial charge is 0.309 e. The molecular formula is C19H23N5O6. The van der Waals surface area contributed by atoms with Crippen molar-refractivity contribution in [1.82, 2.24) is 20.2 Å². The lowest BCUT2D eigenvalue weighted by atomic mass is 10.2. The van der Waals surface area contributed by atoms with Crippen molar-refractivity contribution in [3.8, 4) is 11.5 Å². The summed E-state index contributed by atoms with van der Waals surface area (Å²) in [7, 11) is 3.19. The number of rotatable bonds is 12. The number of methoxy groups -OCH3 is 2.